The van der Waals surface area contributed by atoms with E-state index in [0.29, 0.717) is 22.0 Å². The number of fused-ring (bicyclic) bond motifs is 1. The SMILES string of the molecule is COc1ccc2nc(C)c(C(=O)Nc3cccc(Cl)c3)cc2c1. The van der Waals surface area contributed by atoms with Crippen LogP contribution in [0.2, 0.25) is 5.02 Å². The van der Waals surface area contributed by atoms with Crippen LogP contribution in [0.1, 0.15) is 16.1 Å². The van der Waals surface area contributed by atoms with Crippen molar-refractivity contribution in [3.63, 3.8) is 0 Å². The normalized spacial score (nSPS) is 10.6. The first-order chi connectivity index (χ1) is 11.1. The summed E-state index contributed by atoms with van der Waals surface area (Å²) in [7, 11) is 1.61. The second kappa shape index (κ2) is 6.26. The van der Waals surface area contributed by atoms with Crippen molar-refractivity contribution in [2.75, 3.05) is 12.4 Å². The third-order valence-corrected chi connectivity index (χ3v) is 3.77. The van der Waals surface area contributed by atoms with E-state index in [1.54, 1.807) is 31.4 Å². The lowest BCUT2D eigenvalue weighted by Gasteiger charge is -2.10. The molecule has 0 atom stereocenters. The highest BCUT2D eigenvalue weighted by Crippen LogP contribution is 2.23. The Morgan fingerprint density at radius 1 is 1.17 bits per heavy atom. The summed E-state index contributed by atoms with van der Waals surface area (Å²) in [4.78, 5) is 17.0. The fraction of sp³-hybridized carbons (Fsp3) is 0.111. The van der Waals surface area contributed by atoms with Gasteiger partial charge in [0.1, 0.15) is 5.75 Å². The Morgan fingerprint density at radius 3 is 2.74 bits per heavy atom. The van der Waals surface area contributed by atoms with Crippen LogP contribution in [0.4, 0.5) is 5.69 Å². The predicted molar refractivity (Wildman–Crippen MR) is 92.4 cm³/mol. The van der Waals surface area contributed by atoms with Gasteiger partial charge in [-0.05, 0) is 49.4 Å². The van der Waals surface area contributed by atoms with Crippen LogP contribution in [-0.4, -0.2) is 18.0 Å². The van der Waals surface area contributed by atoms with Crippen molar-refractivity contribution in [1.82, 2.24) is 4.98 Å². The molecule has 0 aliphatic rings. The van der Waals surface area contributed by atoms with Gasteiger partial charge < -0.3 is 10.1 Å². The average molecular weight is 327 g/mol. The first-order valence-electron chi connectivity index (χ1n) is 7.09. The number of pyridine rings is 1. The second-order valence-electron chi connectivity index (χ2n) is 5.14. The number of carbonyl (C=O) groups is 1. The van der Waals surface area contributed by atoms with Crippen molar-refractivity contribution >= 4 is 34.1 Å². The molecular weight excluding hydrogens is 312 g/mol. The van der Waals surface area contributed by atoms with E-state index in [1.165, 1.54) is 0 Å². The summed E-state index contributed by atoms with van der Waals surface area (Å²) >= 11 is 5.94. The van der Waals surface area contributed by atoms with E-state index in [2.05, 4.69) is 10.3 Å². The zero-order valence-corrected chi connectivity index (χ0v) is 13.5. The number of carbonyl (C=O) groups excluding carboxylic acids is 1. The predicted octanol–water partition coefficient (Wildman–Crippen LogP) is 4.46. The van der Waals surface area contributed by atoms with Crippen LogP contribution in [0.5, 0.6) is 5.75 Å². The van der Waals surface area contributed by atoms with E-state index in [0.717, 1.165) is 16.7 Å². The van der Waals surface area contributed by atoms with E-state index in [-0.39, 0.29) is 5.91 Å². The van der Waals surface area contributed by atoms with Gasteiger partial charge >= 0.3 is 0 Å². The minimum Gasteiger partial charge on any atom is -0.497 e. The summed E-state index contributed by atoms with van der Waals surface area (Å²) in [6.07, 6.45) is 0. The maximum atomic E-state index is 12.5. The van der Waals surface area contributed by atoms with Crippen molar-refractivity contribution in [3.8, 4) is 5.75 Å². The van der Waals surface area contributed by atoms with Gasteiger partial charge in [0.05, 0.1) is 23.9 Å². The molecule has 0 saturated carbocycles. The molecule has 0 aliphatic heterocycles. The molecule has 0 bridgehead atoms. The zero-order chi connectivity index (χ0) is 16.4. The topological polar surface area (TPSA) is 51.2 Å². The van der Waals surface area contributed by atoms with Crippen LogP contribution in [-0.2, 0) is 0 Å². The van der Waals surface area contributed by atoms with Crippen LogP contribution < -0.4 is 10.1 Å². The number of rotatable bonds is 3. The largest absolute Gasteiger partial charge is 0.497 e. The zero-order valence-electron chi connectivity index (χ0n) is 12.8. The number of nitrogens with zero attached hydrogens (tertiary/aromatic N) is 1. The van der Waals surface area contributed by atoms with Crippen molar-refractivity contribution in [1.29, 1.82) is 0 Å². The summed E-state index contributed by atoms with van der Waals surface area (Å²) in [6, 6.07) is 14.4. The standard InChI is InChI=1S/C18H15ClN2O2/c1-11-16(18(22)21-14-5-3-4-13(19)10-14)9-12-8-15(23-2)6-7-17(12)20-11/h3-10H,1-2H3,(H,21,22). The van der Waals surface area contributed by atoms with Gasteiger partial charge in [-0.25, -0.2) is 0 Å². The van der Waals surface area contributed by atoms with Crippen molar-refractivity contribution in [2.24, 2.45) is 0 Å². The summed E-state index contributed by atoms with van der Waals surface area (Å²) < 4.78 is 5.22. The van der Waals surface area contributed by atoms with E-state index in [9.17, 15) is 4.79 Å². The molecule has 1 N–H and O–H groups in total. The fourth-order valence-corrected chi connectivity index (χ4v) is 2.56. The van der Waals surface area contributed by atoms with Gasteiger partial charge in [0, 0.05) is 16.1 Å². The molecule has 0 radical (unpaired) electrons. The number of nitrogens with one attached hydrogen (secondary N) is 1. The van der Waals surface area contributed by atoms with E-state index >= 15 is 0 Å². The molecule has 23 heavy (non-hydrogen) atoms. The number of aryl methyl sites for hydroxylation is 1. The van der Waals surface area contributed by atoms with Crippen LogP contribution >= 0.6 is 11.6 Å². The van der Waals surface area contributed by atoms with Gasteiger partial charge in [-0.3, -0.25) is 9.78 Å². The number of ether oxygens (including phenoxy) is 1. The lowest BCUT2D eigenvalue weighted by Crippen LogP contribution is -2.14. The molecule has 2 aromatic carbocycles. The Bertz CT molecular complexity index is 893. The Labute approximate surface area is 139 Å². The second-order valence-corrected chi connectivity index (χ2v) is 5.58. The van der Waals surface area contributed by atoms with Gasteiger partial charge in [0.2, 0.25) is 0 Å². The number of aromatic nitrogens is 1. The molecule has 1 heterocycles. The first kappa shape index (κ1) is 15.3. The number of methoxy groups -OCH3 is 1. The van der Waals surface area contributed by atoms with Gasteiger partial charge in [0.15, 0.2) is 0 Å². The molecule has 0 saturated heterocycles. The quantitative estimate of drug-likeness (QED) is 0.773. The molecule has 0 fully saturated rings. The molecule has 0 spiro atoms. The number of halogens is 1. The number of benzene rings is 2. The van der Waals surface area contributed by atoms with Crippen molar-refractivity contribution < 1.29 is 9.53 Å². The lowest BCUT2D eigenvalue weighted by atomic mass is 10.1. The Hall–Kier alpha value is -2.59. The lowest BCUT2D eigenvalue weighted by molar-refractivity contribution is 0.102. The highest BCUT2D eigenvalue weighted by molar-refractivity contribution is 6.31. The number of hydrogen-bond donors (Lipinski definition) is 1. The fourth-order valence-electron chi connectivity index (χ4n) is 2.37. The molecule has 3 rings (SSSR count). The Balaban J connectivity index is 1.97. The van der Waals surface area contributed by atoms with Crippen LogP contribution in [0.15, 0.2) is 48.5 Å². The molecule has 1 amide bonds. The molecule has 3 aromatic rings. The molecule has 5 heteroatoms. The summed E-state index contributed by atoms with van der Waals surface area (Å²) in [5.74, 6) is 0.506. The highest BCUT2D eigenvalue weighted by atomic mass is 35.5. The minimum atomic E-state index is -0.220. The summed E-state index contributed by atoms with van der Waals surface area (Å²) in [5, 5.41) is 4.26. The first-order valence-corrected chi connectivity index (χ1v) is 7.47. The minimum absolute atomic E-state index is 0.220. The van der Waals surface area contributed by atoms with Crippen LogP contribution in [0.3, 0.4) is 0 Å². The molecule has 0 aliphatic carbocycles. The average Bonchev–Trinajstić information content (AvgIpc) is 2.53. The van der Waals surface area contributed by atoms with Gasteiger partial charge in [-0.15, -0.1) is 0 Å². The summed E-state index contributed by atoms with van der Waals surface area (Å²) in [6.45, 7) is 1.82. The maximum Gasteiger partial charge on any atom is 0.257 e. The third kappa shape index (κ3) is 3.27. The van der Waals surface area contributed by atoms with Gasteiger partial charge in [-0.2, -0.15) is 0 Å². The third-order valence-electron chi connectivity index (χ3n) is 3.54. The van der Waals surface area contributed by atoms with Crippen molar-refractivity contribution in [3.05, 3.63) is 64.8 Å². The maximum absolute atomic E-state index is 12.5. The molecule has 0 unspecified atom stereocenters. The van der Waals surface area contributed by atoms with E-state index < -0.39 is 0 Å². The molecule has 1 aromatic heterocycles. The van der Waals surface area contributed by atoms with Crippen LogP contribution in [0.25, 0.3) is 10.9 Å². The molecular formula is C18H15ClN2O2. The summed E-state index contributed by atoms with van der Waals surface area (Å²) in [5.41, 5.74) is 2.66. The van der Waals surface area contributed by atoms with Gasteiger partial charge in [-0.1, -0.05) is 17.7 Å². The Morgan fingerprint density at radius 2 is 2.00 bits per heavy atom. The van der Waals surface area contributed by atoms with Crippen LogP contribution in [0, 0.1) is 6.92 Å². The highest BCUT2D eigenvalue weighted by Gasteiger charge is 2.12. The smallest absolute Gasteiger partial charge is 0.257 e. The Kier molecular flexibility index (Phi) is 4.17. The number of amides is 1. The monoisotopic (exact) mass is 326 g/mol. The molecule has 4 nitrogen and oxygen atoms in total. The molecule has 116 valence electrons. The van der Waals surface area contributed by atoms with E-state index in [4.69, 9.17) is 16.3 Å². The number of hydrogen-bond acceptors (Lipinski definition) is 3. The van der Waals surface area contributed by atoms with E-state index in [1.807, 2.05) is 31.2 Å². The van der Waals surface area contributed by atoms with Crippen molar-refractivity contribution in [2.45, 2.75) is 6.92 Å². The van der Waals surface area contributed by atoms with Gasteiger partial charge in [0.25, 0.3) is 5.91 Å². The number of anilines is 1.